The summed E-state index contributed by atoms with van der Waals surface area (Å²) in [6.07, 6.45) is 10.1. The van der Waals surface area contributed by atoms with Crippen LogP contribution in [-0.2, 0) is 9.57 Å². The molecule has 0 atom stereocenters. The zero-order valence-electron chi connectivity index (χ0n) is 24.4. The van der Waals surface area contributed by atoms with E-state index in [-0.39, 0.29) is 36.4 Å². The SMILES string of the molecule is CC1(C)CC(OC(=O)c2ccccc2)CC(C)(C)N1OCCO.CCC[CH2][SnH]([CH2]CCC)[CH2]CCC. The fourth-order valence-corrected chi connectivity index (χ4v) is 16.4. The molecule has 2 rings (SSSR count). The van der Waals surface area contributed by atoms with Gasteiger partial charge in [0.1, 0.15) is 6.10 Å². The molecule has 1 aromatic carbocycles. The summed E-state index contributed by atoms with van der Waals surface area (Å²) in [5.41, 5.74) is -0.0148. The average molecular weight is 612 g/mol. The van der Waals surface area contributed by atoms with Crippen molar-refractivity contribution in [2.24, 2.45) is 0 Å². The standard InChI is InChI=1S/C18H27NO4.3C4H9.Sn.H/c1-17(2)12-15(13-18(3,4)19(17)22-11-10-20)23-16(21)14-8-6-5-7-9-14;3*1-3-4-2;;/h5-9,15,20H,10-13H2,1-4H3;3*1,3-4H2,2H3;;. The van der Waals surface area contributed by atoms with Crippen LogP contribution in [0.1, 0.15) is 110 Å². The van der Waals surface area contributed by atoms with Crippen LogP contribution in [0.15, 0.2) is 30.3 Å². The third-order valence-corrected chi connectivity index (χ3v) is 17.5. The number of aliphatic hydroxyl groups excluding tert-OH is 1. The van der Waals surface area contributed by atoms with Gasteiger partial charge in [0.15, 0.2) is 0 Å². The van der Waals surface area contributed by atoms with Gasteiger partial charge in [0.25, 0.3) is 0 Å². The first-order valence-corrected chi connectivity index (χ1v) is 21.4. The molecule has 0 saturated carbocycles. The number of carbonyl (C=O) groups excluding carboxylic acids is 1. The van der Waals surface area contributed by atoms with Gasteiger partial charge in [0.2, 0.25) is 0 Å². The molecule has 1 fully saturated rings. The molecule has 1 aliphatic heterocycles. The number of carbonyl (C=O) groups is 1. The number of hydrogen-bond donors (Lipinski definition) is 1. The monoisotopic (exact) mass is 613 g/mol. The Labute approximate surface area is 229 Å². The number of nitrogens with zero attached hydrogens (tertiary/aromatic N) is 1. The number of unbranched alkanes of at least 4 members (excludes halogenated alkanes) is 3. The first kappa shape index (κ1) is 33.4. The van der Waals surface area contributed by atoms with Crippen molar-refractivity contribution in [3.8, 4) is 0 Å². The van der Waals surface area contributed by atoms with Gasteiger partial charge in [-0.25, -0.2) is 4.79 Å². The van der Waals surface area contributed by atoms with Crippen LogP contribution in [0.4, 0.5) is 0 Å². The Kier molecular flexibility index (Phi) is 16.5. The van der Waals surface area contributed by atoms with Crippen molar-refractivity contribution in [1.82, 2.24) is 5.06 Å². The van der Waals surface area contributed by atoms with Crippen LogP contribution < -0.4 is 0 Å². The molecule has 208 valence electrons. The number of esters is 1. The van der Waals surface area contributed by atoms with Gasteiger partial charge in [-0.2, -0.15) is 5.06 Å². The third-order valence-electron chi connectivity index (χ3n) is 7.05. The molecule has 1 aliphatic rings. The van der Waals surface area contributed by atoms with Crippen LogP contribution in [0.25, 0.3) is 0 Å². The van der Waals surface area contributed by atoms with Crippen molar-refractivity contribution >= 4 is 25.7 Å². The first-order chi connectivity index (χ1) is 17.1. The minimum absolute atomic E-state index is 0.0188. The van der Waals surface area contributed by atoms with Crippen molar-refractivity contribution in [3.05, 3.63) is 35.9 Å². The second-order valence-corrected chi connectivity index (χ2v) is 21.5. The number of benzene rings is 1. The van der Waals surface area contributed by atoms with E-state index in [9.17, 15) is 4.79 Å². The molecule has 0 aliphatic carbocycles. The van der Waals surface area contributed by atoms with Crippen LogP contribution in [0.2, 0.25) is 13.3 Å². The van der Waals surface area contributed by atoms with Crippen molar-refractivity contribution in [1.29, 1.82) is 0 Å². The molecule has 1 aromatic rings. The first-order valence-electron chi connectivity index (χ1n) is 14.4. The molecule has 36 heavy (non-hydrogen) atoms. The molecule has 1 heterocycles. The molecule has 1 N–H and O–H groups in total. The van der Waals surface area contributed by atoms with Gasteiger partial charge in [0, 0.05) is 23.9 Å². The van der Waals surface area contributed by atoms with E-state index in [2.05, 4.69) is 48.5 Å². The van der Waals surface area contributed by atoms with Crippen LogP contribution in [0.5, 0.6) is 0 Å². The Morgan fingerprint density at radius 2 is 1.39 bits per heavy atom. The summed E-state index contributed by atoms with van der Waals surface area (Å²) in [5.74, 6) is -0.285. The molecule has 0 aromatic heterocycles. The van der Waals surface area contributed by atoms with Gasteiger partial charge in [0.05, 0.1) is 18.8 Å². The molecule has 0 bridgehead atoms. The molecular weight excluding hydrogens is 557 g/mol. The quantitative estimate of drug-likeness (QED) is 0.175. The fourth-order valence-electron chi connectivity index (χ4n) is 5.44. The molecule has 5 nitrogen and oxygen atoms in total. The van der Waals surface area contributed by atoms with Gasteiger partial charge in [-0.15, -0.1) is 0 Å². The van der Waals surface area contributed by atoms with E-state index in [1.54, 1.807) is 25.4 Å². The van der Waals surface area contributed by atoms with Crippen LogP contribution in [0.3, 0.4) is 0 Å². The normalized spacial score (nSPS) is 17.5. The summed E-state index contributed by atoms with van der Waals surface area (Å²) < 4.78 is 10.8. The molecule has 0 unspecified atom stereocenters. The Bertz CT molecular complexity index is 673. The number of aliphatic hydroxyl groups is 1. The van der Waals surface area contributed by atoms with E-state index in [0.29, 0.717) is 18.4 Å². The summed E-state index contributed by atoms with van der Waals surface area (Å²) in [6, 6.07) is 9.06. The molecule has 0 spiro atoms. The summed E-state index contributed by atoms with van der Waals surface area (Å²) >= 11 is -0.967. The van der Waals surface area contributed by atoms with E-state index >= 15 is 0 Å². The molecular formula is C30H55NO4Sn. The number of ether oxygens (including phenoxy) is 1. The van der Waals surface area contributed by atoms with E-state index in [4.69, 9.17) is 14.7 Å². The summed E-state index contributed by atoms with van der Waals surface area (Å²) in [5, 5.41) is 10.9. The van der Waals surface area contributed by atoms with E-state index in [1.165, 1.54) is 38.5 Å². The van der Waals surface area contributed by atoms with Gasteiger partial charge in [-0.05, 0) is 39.8 Å². The predicted molar refractivity (Wildman–Crippen MR) is 154 cm³/mol. The second kappa shape index (κ2) is 17.8. The number of piperidine rings is 1. The van der Waals surface area contributed by atoms with Crippen molar-refractivity contribution in [3.63, 3.8) is 0 Å². The van der Waals surface area contributed by atoms with E-state index in [0.717, 1.165) is 0 Å². The zero-order chi connectivity index (χ0) is 27.0. The molecule has 6 heteroatoms. The van der Waals surface area contributed by atoms with Gasteiger partial charge in [-0.3, -0.25) is 4.84 Å². The summed E-state index contributed by atoms with van der Waals surface area (Å²) in [7, 11) is 0. The van der Waals surface area contributed by atoms with Crippen molar-refractivity contribution < 1.29 is 19.5 Å². The molecule has 0 amide bonds. The number of hydroxylamine groups is 2. The fraction of sp³-hybridized carbons (Fsp3) is 0.767. The molecule has 0 radical (unpaired) electrons. The minimum atomic E-state index is -0.967. The van der Waals surface area contributed by atoms with Crippen molar-refractivity contribution in [2.75, 3.05) is 13.2 Å². The van der Waals surface area contributed by atoms with Crippen LogP contribution in [0, 0.1) is 0 Å². The maximum atomic E-state index is 12.3. The Morgan fingerprint density at radius 1 is 0.917 bits per heavy atom. The molecule has 1 saturated heterocycles. The predicted octanol–water partition coefficient (Wildman–Crippen LogP) is 7.40. The summed E-state index contributed by atoms with van der Waals surface area (Å²) in [6.45, 7) is 15.5. The average Bonchev–Trinajstić information content (AvgIpc) is 2.83. The maximum absolute atomic E-state index is 12.3. The Morgan fingerprint density at radius 3 is 1.81 bits per heavy atom. The number of rotatable bonds is 14. The van der Waals surface area contributed by atoms with Crippen LogP contribution >= 0.6 is 0 Å². The second-order valence-electron chi connectivity index (χ2n) is 11.6. The van der Waals surface area contributed by atoms with E-state index < -0.39 is 19.8 Å². The summed E-state index contributed by atoms with van der Waals surface area (Å²) in [4.78, 5) is 18.0. The van der Waals surface area contributed by atoms with Gasteiger partial charge < -0.3 is 9.84 Å². The van der Waals surface area contributed by atoms with Crippen molar-refractivity contribution in [2.45, 2.75) is 130 Å². The van der Waals surface area contributed by atoms with Gasteiger partial charge >= 0.3 is 98.3 Å². The Hall–Kier alpha value is -0.631. The Balaban J connectivity index is 0.000000426. The third kappa shape index (κ3) is 12.3. The number of hydrogen-bond acceptors (Lipinski definition) is 5. The van der Waals surface area contributed by atoms with E-state index in [1.807, 2.05) is 23.3 Å². The topological polar surface area (TPSA) is 59.0 Å². The zero-order valence-corrected chi connectivity index (χ0v) is 27.6. The van der Waals surface area contributed by atoms with Crippen LogP contribution in [-0.4, -0.2) is 66.3 Å². The van der Waals surface area contributed by atoms with Gasteiger partial charge in [-0.1, -0.05) is 18.2 Å².